The summed E-state index contributed by atoms with van der Waals surface area (Å²) in [6.45, 7) is 2.19. The molecule has 1 aromatic rings. The van der Waals surface area contributed by atoms with Gasteiger partial charge >= 0.3 is 5.97 Å². The highest BCUT2D eigenvalue weighted by molar-refractivity contribution is 5.94. The van der Waals surface area contributed by atoms with E-state index in [2.05, 4.69) is 4.74 Å². The number of methoxy groups -OCH3 is 1. The fourth-order valence-electron chi connectivity index (χ4n) is 1.20. The van der Waals surface area contributed by atoms with Crippen molar-refractivity contribution in [3.8, 4) is 5.75 Å². The number of hydrogen-bond acceptors (Lipinski definition) is 5. The van der Waals surface area contributed by atoms with Crippen LogP contribution in [0.25, 0.3) is 0 Å². The molecular weight excluding hydrogens is 214 g/mol. The largest absolute Gasteiger partial charge is 0.494 e. The van der Waals surface area contributed by atoms with E-state index in [0.29, 0.717) is 12.4 Å². The molecule has 0 heterocycles. The molecule has 0 bridgehead atoms. The Morgan fingerprint density at radius 1 is 1.50 bits per heavy atom. The second-order valence-electron chi connectivity index (χ2n) is 2.86. The summed E-state index contributed by atoms with van der Waals surface area (Å²) in [4.78, 5) is 21.3. The maximum atomic E-state index is 11.3. The van der Waals surface area contributed by atoms with E-state index in [1.807, 2.05) is 0 Å². The van der Waals surface area contributed by atoms with E-state index < -0.39 is 10.9 Å². The van der Waals surface area contributed by atoms with Crippen LogP contribution in [0.3, 0.4) is 0 Å². The first-order valence-electron chi connectivity index (χ1n) is 4.59. The van der Waals surface area contributed by atoms with Gasteiger partial charge in [0, 0.05) is 12.1 Å². The number of nitro groups is 1. The number of hydrogen-bond donors (Lipinski definition) is 0. The molecule has 0 spiro atoms. The van der Waals surface area contributed by atoms with E-state index in [4.69, 9.17) is 4.74 Å². The van der Waals surface area contributed by atoms with Crippen molar-refractivity contribution < 1.29 is 19.2 Å². The van der Waals surface area contributed by atoms with Crippen LogP contribution in [-0.4, -0.2) is 24.6 Å². The van der Waals surface area contributed by atoms with Crippen LogP contribution in [-0.2, 0) is 4.74 Å². The fraction of sp³-hybridized carbons (Fsp3) is 0.300. The summed E-state index contributed by atoms with van der Waals surface area (Å²) in [6.07, 6.45) is 0. The second-order valence-corrected chi connectivity index (χ2v) is 2.86. The van der Waals surface area contributed by atoms with E-state index in [1.165, 1.54) is 25.3 Å². The molecule has 1 rings (SSSR count). The molecule has 0 atom stereocenters. The third kappa shape index (κ3) is 2.47. The fourth-order valence-corrected chi connectivity index (χ4v) is 1.20. The van der Waals surface area contributed by atoms with Crippen molar-refractivity contribution in [2.75, 3.05) is 13.7 Å². The summed E-state index contributed by atoms with van der Waals surface area (Å²) in [5, 5.41) is 10.7. The van der Waals surface area contributed by atoms with Gasteiger partial charge < -0.3 is 9.47 Å². The highest BCUT2D eigenvalue weighted by Crippen LogP contribution is 2.24. The molecule has 1 aromatic carbocycles. The molecule has 0 saturated heterocycles. The molecule has 0 amide bonds. The third-order valence-corrected chi connectivity index (χ3v) is 1.88. The molecule has 6 heteroatoms. The molecule has 0 aliphatic heterocycles. The minimum absolute atomic E-state index is 0.113. The number of nitro benzene ring substituents is 1. The standard InChI is InChI=1S/C10H11NO5/c1-3-16-7-4-5-9(11(13)14)8(6-7)10(12)15-2/h4-6H,3H2,1-2H3. The minimum Gasteiger partial charge on any atom is -0.494 e. The van der Waals surface area contributed by atoms with E-state index in [9.17, 15) is 14.9 Å². The Bertz CT molecular complexity index is 416. The van der Waals surface area contributed by atoms with Gasteiger partial charge in [0.1, 0.15) is 11.3 Å². The highest BCUT2D eigenvalue weighted by atomic mass is 16.6. The average Bonchev–Trinajstić information content (AvgIpc) is 2.28. The van der Waals surface area contributed by atoms with Gasteiger partial charge in [-0.3, -0.25) is 10.1 Å². The number of benzene rings is 1. The van der Waals surface area contributed by atoms with Gasteiger partial charge in [0.2, 0.25) is 0 Å². The van der Waals surface area contributed by atoms with Crippen LogP contribution in [0, 0.1) is 10.1 Å². The van der Waals surface area contributed by atoms with Crippen molar-refractivity contribution in [2.45, 2.75) is 6.92 Å². The number of ether oxygens (including phenoxy) is 2. The number of carbonyl (C=O) groups is 1. The van der Waals surface area contributed by atoms with Crippen molar-refractivity contribution in [3.63, 3.8) is 0 Å². The zero-order chi connectivity index (χ0) is 12.1. The van der Waals surface area contributed by atoms with Crippen LogP contribution in [0.15, 0.2) is 18.2 Å². The maximum absolute atomic E-state index is 11.3. The molecule has 6 nitrogen and oxygen atoms in total. The molecule has 0 saturated carbocycles. The first-order chi connectivity index (χ1) is 7.60. The lowest BCUT2D eigenvalue weighted by atomic mass is 10.1. The van der Waals surface area contributed by atoms with Gasteiger partial charge in [-0.1, -0.05) is 0 Å². The predicted molar refractivity (Wildman–Crippen MR) is 55.6 cm³/mol. The first kappa shape index (κ1) is 12.0. The van der Waals surface area contributed by atoms with Gasteiger partial charge in [-0.15, -0.1) is 0 Å². The summed E-state index contributed by atoms with van der Waals surface area (Å²) >= 11 is 0. The Morgan fingerprint density at radius 2 is 2.19 bits per heavy atom. The lowest BCUT2D eigenvalue weighted by Gasteiger charge is -2.05. The van der Waals surface area contributed by atoms with Crippen LogP contribution in [0.1, 0.15) is 17.3 Å². The lowest BCUT2D eigenvalue weighted by Crippen LogP contribution is -2.06. The molecule has 0 radical (unpaired) electrons. The molecule has 0 aliphatic carbocycles. The molecule has 0 aliphatic rings. The van der Waals surface area contributed by atoms with E-state index in [0.717, 1.165) is 0 Å². The molecule has 0 N–H and O–H groups in total. The number of nitrogens with zero attached hydrogens (tertiary/aromatic N) is 1. The van der Waals surface area contributed by atoms with Crippen LogP contribution in [0.2, 0.25) is 0 Å². The Morgan fingerprint density at radius 3 is 2.69 bits per heavy atom. The highest BCUT2D eigenvalue weighted by Gasteiger charge is 2.21. The number of esters is 1. The second kappa shape index (κ2) is 5.11. The van der Waals surface area contributed by atoms with Gasteiger partial charge in [-0.2, -0.15) is 0 Å². The van der Waals surface area contributed by atoms with Crippen molar-refractivity contribution >= 4 is 11.7 Å². The van der Waals surface area contributed by atoms with E-state index in [1.54, 1.807) is 6.92 Å². The van der Waals surface area contributed by atoms with Crippen LogP contribution in [0.4, 0.5) is 5.69 Å². The molecule has 0 aromatic heterocycles. The summed E-state index contributed by atoms with van der Waals surface area (Å²) in [7, 11) is 1.17. The smallest absolute Gasteiger partial charge is 0.345 e. The Labute approximate surface area is 91.9 Å². The van der Waals surface area contributed by atoms with Crippen LogP contribution in [0.5, 0.6) is 5.75 Å². The number of carbonyl (C=O) groups excluding carboxylic acids is 1. The van der Waals surface area contributed by atoms with Crippen LogP contribution < -0.4 is 4.74 Å². The topological polar surface area (TPSA) is 78.7 Å². The normalized spacial score (nSPS) is 9.62. The predicted octanol–water partition coefficient (Wildman–Crippen LogP) is 1.78. The minimum atomic E-state index is -0.756. The Kier molecular flexibility index (Phi) is 3.82. The van der Waals surface area contributed by atoms with E-state index in [-0.39, 0.29) is 11.3 Å². The summed E-state index contributed by atoms with van der Waals surface area (Å²) < 4.78 is 9.61. The van der Waals surface area contributed by atoms with Gasteiger partial charge in [0.05, 0.1) is 18.6 Å². The van der Waals surface area contributed by atoms with Crippen molar-refractivity contribution in [2.24, 2.45) is 0 Å². The third-order valence-electron chi connectivity index (χ3n) is 1.88. The zero-order valence-electron chi connectivity index (χ0n) is 8.93. The Balaban J connectivity index is 3.21. The first-order valence-corrected chi connectivity index (χ1v) is 4.59. The van der Waals surface area contributed by atoms with Crippen molar-refractivity contribution in [1.29, 1.82) is 0 Å². The Hall–Kier alpha value is -2.11. The molecule has 0 fully saturated rings. The summed E-state index contributed by atoms with van der Waals surface area (Å²) in [5.74, 6) is -0.359. The number of rotatable bonds is 4. The average molecular weight is 225 g/mol. The van der Waals surface area contributed by atoms with Gasteiger partial charge in [0.25, 0.3) is 5.69 Å². The van der Waals surface area contributed by atoms with Crippen molar-refractivity contribution in [1.82, 2.24) is 0 Å². The van der Waals surface area contributed by atoms with Gasteiger partial charge in [-0.05, 0) is 13.0 Å². The lowest BCUT2D eigenvalue weighted by molar-refractivity contribution is -0.385. The molecule has 16 heavy (non-hydrogen) atoms. The molecular formula is C10H11NO5. The van der Waals surface area contributed by atoms with Crippen LogP contribution >= 0.6 is 0 Å². The zero-order valence-corrected chi connectivity index (χ0v) is 8.93. The molecule has 86 valence electrons. The van der Waals surface area contributed by atoms with Gasteiger partial charge in [-0.25, -0.2) is 4.79 Å². The quantitative estimate of drug-likeness (QED) is 0.443. The molecule has 0 unspecified atom stereocenters. The SMILES string of the molecule is CCOc1ccc([N+](=O)[O-])c(C(=O)OC)c1. The summed E-state index contributed by atoms with van der Waals surface area (Å²) in [6, 6.07) is 3.96. The van der Waals surface area contributed by atoms with Crippen molar-refractivity contribution in [3.05, 3.63) is 33.9 Å². The monoisotopic (exact) mass is 225 g/mol. The summed E-state index contributed by atoms with van der Waals surface area (Å²) in [5.41, 5.74) is -0.409. The van der Waals surface area contributed by atoms with Gasteiger partial charge in [0.15, 0.2) is 0 Å². The van der Waals surface area contributed by atoms with E-state index >= 15 is 0 Å². The maximum Gasteiger partial charge on any atom is 0.345 e.